The third kappa shape index (κ3) is 6.92. The number of anilines is 1. The van der Waals surface area contributed by atoms with Crippen LogP contribution in [-0.2, 0) is 16.8 Å². The number of aliphatic hydroxyl groups is 1. The van der Waals surface area contributed by atoms with Gasteiger partial charge in [0, 0.05) is 17.0 Å². The smallest absolute Gasteiger partial charge is 0.224 e. The normalized spacial score (nSPS) is 11.4. The van der Waals surface area contributed by atoms with Gasteiger partial charge >= 0.3 is 0 Å². The number of phenols is 1. The van der Waals surface area contributed by atoms with Crippen LogP contribution < -0.4 is 5.32 Å². The van der Waals surface area contributed by atoms with Crippen molar-refractivity contribution in [1.82, 2.24) is 0 Å². The van der Waals surface area contributed by atoms with Gasteiger partial charge in [-0.1, -0.05) is 32.9 Å². The molecule has 0 aliphatic heterocycles. The summed E-state index contributed by atoms with van der Waals surface area (Å²) in [7, 11) is 0. The van der Waals surface area contributed by atoms with E-state index >= 15 is 0 Å². The molecule has 5 heteroatoms. The van der Waals surface area contributed by atoms with Crippen molar-refractivity contribution >= 4 is 23.4 Å². The minimum Gasteiger partial charge on any atom is -0.508 e. The number of aromatic hydroxyl groups is 1. The Labute approximate surface area is 166 Å². The lowest BCUT2D eigenvalue weighted by Gasteiger charge is -2.22. The van der Waals surface area contributed by atoms with E-state index < -0.39 is 0 Å². The van der Waals surface area contributed by atoms with Gasteiger partial charge in [-0.2, -0.15) is 0 Å². The topological polar surface area (TPSA) is 69.6 Å². The van der Waals surface area contributed by atoms with Crippen molar-refractivity contribution in [1.29, 1.82) is 0 Å². The summed E-state index contributed by atoms with van der Waals surface area (Å²) in [4.78, 5) is 13.2. The van der Waals surface area contributed by atoms with E-state index in [4.69, 9.17) is 5.11 Å². The summed E-state index contributed by atoms with van der Waals surface area (Å²) in [6.45, 7) is 6.43. The molecular weight excluding hydrogens is 358 g/mol. The van der Waals surface area contributed by atoms with Gasteiger partial charge in [0.2, 0.25) is 5.91 Å². The van der Waals surface area contributed by atoms with E-state index in [1.807, 2.05) is 12.1 Å². The monoisotopic (exact) mass is 387 g/mol. The van der Waals surface area contributed by atoms with Crippen molar-refractivity contribution in [2.45, 2.75) is 57.0 Å². The Morgan fingerprint density at radius 3 is 2.41 bits per heavy atom. The van der Waals surface area contributed by atoms with Crippen molar-refractivity contribution in [2.24, 2.45) is 0 Å². The van der Waals surface area contributed by atoms with Gasteiger partial charge in [-0.25, -0.2) is 0 Å². The van der Waals surface area contributed by atoms with Crippen LogP contribution in [0.1, 0.15) is 51.2 Å². The zero-order chi connectivity index (χ0) is 19.9. The van der Waals surface area contributed by atoms with Crippen molar-refractivity contribution in [3.05, 3.63) is 53.6 Å². The number of rotatable bonds is 8. The maximum atomic E-state index is 12.0. The lowest BCUT2D eigenvalue weighted by atomic mass is 9.87. The Hall–Kier alpha value is -1.98. The zero-order valence-corrected chi connectivity index (χ0v) is 17.1. The first-order valence-corrected chi connectivity index (χ1v) is 10.2. The SMILES string of the molecule is CC(C)(C)c1cc(O)ccc1SCCCCC(=O)Nc1ccc(CO)cc1. The molecule has 0 heterocycles. The molecule has 0 unspecified atom stereocenters. The number of thioether (sulfide) groups is 1. The highest BCUT2D eigenvalue weighted by molar-refractivity contribution is 7.99. The summed E-state index contributed by atoms with van der Waals surface area (Å²) in [5.41, 5.74) is 2.71. The molecule has 2 aromatic carbocycles. The molecule has 0 fully saturated rings. The van der Waals surface area contributed by atoms with Crippen molar-refractivity contribution in [3.8, 4) is 5.75 Å². The van der Waals surface area contributed by atoms with Gasteiger partial charge in [-0.3, -0.25) is 4.79 Å². The van der Waals surface area contributed by atoms with Crippen LogP contribution in [0.2, 0.25) is 0 Å². The van der Waals surface area contributed by atoms with Gasteiger partial charge in [0.25, 0.3) is 0 Å². The molecule has 0 spiro atoms. The van der Waals surface area contributed by atoms with Gasteiger partial charge in [0.05, 0.1) is 6.61 Å². The average Bonchev–Trinajstić information content (AvgIpc) is 2.62. The molecule has 146 valence electrons. The highest BCUT2D eigenvalue weighted by Crippen LogP contribution is 2.35. The van der Waals surface area contributed by atoms with Crippen LogP contribution in [0.25, 0.3) is 0 Å². The lowest BCUT2D eigenvalue weighted by Crippen LogP contribution is -2.12. The summed E-state index contributed by atoms with van der Waals surface area (Å²) >= 11 is 1.78. The summed E-state index contributed by atoms with van der Waals surface area (Å²) in [6, 6.07) is 12.8. The van der Waals surface area contributed by atoms with E-state index in [-0.39, 0.29) is 17.9 Å². The molecule has 0 aliphatic carbocycles. The zero-order valence-electron chi connectivity index (χ0n) is 16.3. The Kier molecular flexibility index (Phi) is 7.75. The van der Waals surface area contributed by atoms with Gasteiger partial charge in [-0.15, -0.1) is 11.8 Å². The highest BCUT2D eigenvalue weighted by atomic mass is 32.2. The summed E-state index contributed by atoms with van der Waals surface area (Å²) in [6.07, 6.45) is 2.27. The number of amides is 1. The number of benzene rings is 2. The Bertz CT molecular complexity index is 751. The lowest BCUT2D eigenvalue weighted by molar-refractivity contribution is -0.116. The second kappa shape index (κ2) is 9.81. The molecule has 3 N–H and O–H groups in total. The molecule has 27 heavy (non-hydrogen) atoms. The number of aliphatic hydroxyl groups excluding tert-OH is 1. The van der Waals surface area contributed by atoms with Gasteiger partial charge < -0.3 is 15.5 Å². The molecule has 0 atom stereocenters. The van der Waals surface area contributed by atoms with E-state index in [1.165, 1.54) is 4.90 Å². The van der Waals surface area contributed by atoms with Gasteiger partial charge in [0.1, 0.15) is 5.75 Å². The fourth-order valence-corrected chi connectivity index (χ4v) is 3.97. The molecule has 2 aromatic rings. The number of carbonyl (C=O) groups excluding carboxylic acids is 1. The quantitative estimate of drug-likeness (QED) is 0.436. The first kappa shape index (κ1) is 21.3. The predicted molar refractivity (Wildman–Crippen MR) is 112 cm³/mol. The van der Waals surface area contributed by atoms with Crippen LogP contribution in [-0.4, -0.2) is 21.9 Å². The third-order valence-electron chi connectivity index (χ3n) is 4.25. The van der Waals surface area contributed by atoms with Crippen molar-refractivity contribution in [3.63, 3.8) is 0 Å². The summed E-state index contributed by atoms with van der Waals surface area (Å²) in [5, 5.41) is 21.7. The van der Waals surface area contributed by atoms with Crippen LogP contribution in [0.15, 0.2) is 47.4 Å². The number of hydrogen-bond donors (Lipinski definition) is 3. The highest BCUT2D eigenvalue weighted by Gasteiger charge is 2.18. The average molecular weight is 388 g/mol. The van der Waals surface area contributed by atoms with Gasteiger partial charge in [0.15, 0.2) is 0 Å². The van der Waals surface area contributed by atoms with Gasteiger partial charge in [-0.05, 0) is 65.5 Å². The molecule has 4 nitrogen and oxygen atoms in total. The first-order valence-electron chi connectivity index (χ1n) is 9.25. The molecule has 0 aromatic heterocycles. The van der Waals surface area contributed by atoms with Crippen LogP contribution in [0.4, 0.5) is 5.69 Å². The first-order chi connectivity index (χ1) is 12.8. The molecule has 1 amide bonds. The number of nitrogens with one attached hydrogen (secondary N) is 1. The Balaban J connectivity index is 1.75. The minimum absolute atomic E-state index is 0.00382. The largest absolute Gasteiger partial charge is 0.508 e. The van der Waals surface area contributed by atoms with Crippen LogP contribution in [0.3, 0.4) is 0 Å². The van der Waals surface area contributed by atoms with E-state index in [1.54, 1.807) is 42.1 Å². The Morgan fingerprint density at radius 2 is 1.78 bits per heavy atom. The molecule has 0 saturated heterocycles. The maximum Gasteiger partial charge on any atom is 0.224 e. The minimum atomic E-state index is -0.0213. The molecule has 0 radical (unpaired) electrons. The molecule has 0 saturated carbocycles. The molecule has 2 rings (SSSR count). The third-order valence-corrected chi connectivity index (χ3v) is 5.41. The maximum absolute atomic E-state index is 12.0. The van der Waals surface area contributed by atoms with E-state index in [2.05, 4.69) is 26.1 Å². The number of unbranched alkanes of at least 4 members (excludes halogenated alkanes) is 1. The number of phenolic OH excluding ortho intramolecular Hbond substituents is 1. The Morgan fingerprint density at radius 1 is 1.07 bits per heavy atom. The van der Waals surface area contributed by atoms with Crippen molar-refractivity contribution < 1.29 is 15.0 Å². The second-order valence-corrected chi connectivity index (χ2v) is 8.78. The second-order valence-electron chi connectivity index (χ2n) is 7.64. The number of carbonyl (C=O) groups is 1. The molecule has 0 bridgehead atoms. The molecule has 0 aliphatic rings. The fraction of sp³-hybridized carbons (Fsp3) is 0.409. The van der Waals surface area contributed by atoms with Crippen molar-refractivity contribution in [2.75, 3.05) is 11.1 Å². The van der Waals surface area contributed by atoms with E-state index in [0.29, 0.717) is 12.2 Å². The standard InChI is InChI=1S/C22H29NO3S/c1-22(2,3)19-14-18(25)11-12-20(19)27-13-5-4-6-21(26)23-17-9-7-16(15-24)8-10-17/h7-12,14,24-25H,4-6,13,15H2,1-3H3,(H,23,26). The fourth-order valence-electron chi connectivity index (χ4n) is 2.72. The van der Waals surface area contributed by atoms with E-state index in [0.717, 1.165) is 35.4 Å². The summed E-state index contributed by atoms with van der Waals surface area (Å²) < 4.78 is 0. The van der Waals surface area contributed by atoms with Crippen LogP contribution in [0.5, 0.6) is 5.75 Å². The molecular formula is C22H29NO3S. The number of hydrogen-bond acceptors (Lipinski definition) is 4. The predicted octanol–water partition coefficient (Wildman–Crippen LogP) is 5.08. The summed E-state index contributed by atoms with van der Waals surface area (Å²) in [5.74, 6) is 1.25. The van der Waals surface area contributed by atoms with Crippen LogP contribution in [0, 0.1) is 0 Å². The van der Waals surface area contributed by atoms with E-state index in [9.17, 15) is 9.90 Å². The van der Waals surface area contributed by atoms with Crippen LogP contribution >= 0.6 is 11.8 Å².